The van der Waals surface area contributed by atoms with Gasteiger partial charge in [0.1, 0.15) is 6.61 Å². The van der Waals surface area contributed by atoms with Gasteiger partial charge in [-0.2, -0.15) is 0 Å². The number of cyclic esters (lactones) is 1. The summed E-state index contributed by atoms with van der Waals surface area (Å²) in [5.74, 6) is 0. The van der Waals surface area contributed by atoms with E-state index < -0.39 is 0 Å². The van der Waals surface area contributed by atoms with Crippen LogP contribution in [0.1, 0.15) is 20.8 Å². The lowest BCUT2D eigenvalue weighted by Crippen LogP contribution is -2.37. The standard InChI is InChI=1S/C7H13NO2/c1-5(2)8-6(3)4-10-7(8)9/h5-6H,4H2,1-3H3. The van der Waals surface area contributed by atoms with Crippen LogP contribution in [-0.2, 0) is 4.74 Å². The van der Waals surface area contributed by atoms with Gasteiger partial charge in [0.25, 0.3) is 0 Å². The average molecular weight is 143 g/mol. The molecule has 0 radical (unpaired) electrons. The van der Waals surface area contributed by atoms with E-state index >= 15 is 0 Å². The van der Waals surface area contributed by atoms with Gasteiger partial charge < -0.3 is 4.74 Å². The Hall–Kier alpha value is -0.730. The molecule has 1 saturated heterocycles. The molecule has 0 saturated carbocycles. The molecule has 1 heterocycles. The Labute approximate surface area is 61.0 Å². The summed E-state index contributed by atoms with van der Waals surface area (Å²) in [4.78, 5) is 12.7. The molecule has 0 aliphatic carbocycles. The Morgan fingerprint density at radius 2 is 2.30 bits per heavy atom. The molecule has 1 atom stereocenters. The highest BCUT2D eigenvalue weighted by Gasteiger charge is 2.30. The summed E-state index contributed by atoms with van der Waals surface area (Å²) in [6.45, 7) is 6.51. The molecule has 1 amide bonds. The molecule has 1 fully saturated rings. The summed E-state index contributed by atoms with van der Waals surface area (Å²) < 4.78 is 4.83. The zero-order valence-corrected chi connectivity index (χ0v) is 6.63. The SMILES string of the molecule is CC(C)N1C(=O)OCC1C. The highest BCUT2D eigenvalue weighted by molar-refractivity contribution is 5.70. The molecular weight excluding hydrogens is 130 g/mol. The van der Waals surface area contributed by atoms with Gasteiger partial charge in [-0.25, -0.2) is 4.79 Å². The first-order valence-electron chi connectivity index (χ1n) is 3.58. The van der Waals surface area contributed by atoms with Crippen molar-refractivity contribution in [2.24, 2.45) is 0 Å². The number of rotatable bonds is 1. The van der Waals surface area contributed by atoms with Gasteiger partial charge in [-0.05, 0) is 20.8 Å². The minimum Gasteiger partial charge on any atom is -0.447 e. The average Bonchev–Trinajstić information content (AvgIpc) is 2.11. The number of hydrogen-bond donors (Lipinski definition) is 0. The van der Waals surface area contributed by atoms with Crippen LogP contribution in [0.5, 0.6) is 0 Å². The van der Waals surface area contributed by atoms with Crippen molar-refractivity contribution in [2.45, 2.75) is 32.9 Å². The highest BCUT2D eigenvalue weighted by atomic mass is 16.6. The van der Waals surface area contributed by atoms with Crippen molar-refractivity contribution in [3.63, 3.8) is 0 Å². The maximum atomic E-state index is 10.9. The van der Waals surface area contributed by atoms with E-state index in [9.17, 15) is 4.79 Å². The van der Waals surface area contributed by atoms with Gasteiger partial charge in [0, 0.05) is 6.04 Å². The van der Waals surface area contributed by atoms with Crippen molar-refractivity contribution in [1.82, 2.24) is 4.90 Å². The van der Waals surface area contributed by atoms with Crippen LogP contribution in [0.2, 0.25) is 0 Å². The van der Waals surface area contributed by atoms with Gasteiger partial charge in [-0.1, -0.05) is 0 Å². The summed E-state index contributed by atoms with van der Waals surface area (Å²) in [6.07, 6.45) is -0.178. The Balaban J connectivity index is 2.63. The molecule has 58 valence electrons. The Kier molecular flexibility index (Phi) is 1.83. The maximum absolute atomic E-state index is 10.9. The van der Waals surface area contributed by atoms with Gasteiger partial charge in [0.2, 0.25) is 0 Å². The number of carbonyl (C=O) groups excluding carboxylic acids is 1. The third-order valence-electron chi connectivity index (χ3n) is 1.69. The molecule has 0 N–H and O–H groups in total. The van der Waals surface area contributed by atoms with E-state index in [2.05, 4.69) is 0 Å². The van der Waals surface area contributed by atoms with Crippen molar-refractivity contribution in [3.8, 4) is 0 Å². The third kappa shape index (κ3) is 1.08. The van der Waals surface area contributed by atoms with E-state index in [1.807, 2.05) is 20.8 Å². The monoisotopic (exact) mass is 143 g/mol. The molecule has 0 spiro atoms. The number of nitrogens with zero attached hydrogens (tertiary/aromatic N) is 1. The van der Waals surface area contributed by atoms with Crippen LogP contribution in [0, 0.1) is 0 Å². The minimum absolute atomic E-state index is 0.178. The summed E-state index contributed by atoms with van der Waals surface area (Å²) in [6, 6.07) is 0.498. The Morgan fingerprint density at radius 1 is 1.70 bits per heavy atom. The molecule has 0 aromatic heterocycles. The zero-order chi connectivity index (χ0) is 7.72. The van der Waals surface area contributed by atoms with E-state index in [1.54, 1.807) is 4.90 Å². The number of hydrogen-bond acceptors (Lipinski definition) is 2. The minimum atomic E-state index is -0.178. The van der Waals surface area contributed by atoms with Gasteiger partial charge in [-0.3, -0.25) is 4.90 Å². The van der Waals surface area contributed by atoms with Crippen LogP contribution in [0.25, 0.3) is 0 Å². The molecule has 3 heteroatoms. The predicted molar refractivity (Wildman–Crippen MR) is 37.8 cm³/mol. The van der Waals surface area contributed by atoms with Crippen molar-refractivity contribution >= 4 is 6.09 Å². The number of carbonyl (C=O) groups is 1. The fraction of sp³-hybridized carbons (Fsp3) is 0.857. The van der Waals surface area contributed by atoms with E-state index in [4.69, 9.17) is 4.74 Å². The van der Waals surface area contributed by atoms with Crippen molar-refractivity contribution < 1.29 is 9.53 Å². The molecule has 1 aliphatic rings. The smallest absolute Gasteiger partial charge is 0.410 e. The topological polar surface area (TPSA) is 29.5 Å². The Bertz CT molecular complexity index is 145. The normalized spacial score (nSPS) is 25.8. The number of ether oxygens (including phenoxy) is 1. The lowest BCUT2D eigenvalue weighted by atomic mass is 10.2. The van der Waals surface area contributed by atoms with Crippen molar-refractivity contribution in [2.75, 3.05) is 6.61 Å². The third-order valence-corrected chi connectivity index (χ3v) is 1.69. The fourth-order valence-electron chi connectivity index (χ4n) is 1.25. The Morgan fingerprint density at radius 3 is 2.50 bits per heavy atom. The predicted octanol–water partition coefficient (Wildman–Crippen LogP) is 1.24. The summed E-state index contributed by atoms with van der Waals surface area (Å²) in [5.41, 5.74) is 0. The summed E-state index contributed by atoms with van der Waals surface area (Å²) >= 11 is 0. The van der Waals surface area contributed by atoms with Crippen LogP contribution >= 0.6 is 0 Å². The van der Waals surface area contributed by atoms with Crippen molar-refractivity contribution in [1.29, 1.82) is 0 Å². The van der Waals surface area contributed by atoms with E-state index in [1.165, 1.54) is 0 Å². The second-order valence-electron chi connectivity index (χ2n) is 2.93. The first-order chi connectivity index (χ1) is 4.63. The largest absolute Gasteiger partial charge is 0.447 e. The van der Waals surface area contributed by atoms with Crippen LogP contribution in [0.3, 0.4) is 0 Å². The second kappa shape index (κ2) is 2.48. The molecule has 3 nitrogen and oxygen atoms in total. The van der Waals surface area contributed by atoms with Crippen LogP contribution in [0.4, 0.5) is 4.79 Å². The summed E-state index contributed by atoms with van der Waals surface area (Å²) in [5, 5.41) is 0. The fourth-order valence-corrected chi connectivity index (χ4v) is 1.25. The molecule has 10 heavy (non-hydrogen) atoms. The van der Waals surface area contributed by atoms with Gasteiger partial charge >= 0.3 is 6.09 Å². The van der Waals surface area contributed by atoms with E-state index in [0.717, 1.165) is 0 Å². The van der Waals surface area contributed by atoms with E-state index in [0.29, 0.717) is 6.61 Å². The van der Waals surface area contributed by atoms with Gasteiger partial charge in [-0.15, -0.1) is 0 Å². The van der Waals surface area contributed by atoms with Crippen molar-refractivity contribution in [3.05, 3.63) is 0 Å². The highest BCUT2D eigenvalue weighted by Crippen LogP contribution is 2.14. The lowest BCUT2D eigenvalue weighted by Gasteiger charge is -2.21. The maximum Gasteiger partial charge on any atom is 0.410 e. The lowest BCUT2D eigenvalue weighted by molar-refractivity contribution is 0.150. The quantitative estimate of drug-likeness (QED) is 0.552. The molecule has 1 rings (SSSR count). The molecule has 0 aromatic carbocycles. The van der Waals surface area contributed by atoms with Crippen LogP contribution in [0.15, 0.2) is 0 Å². The second-order valence-corrected chi connectivity index (χ2v) is 2.93. The first-order valence-corrected chi connectivity index (χ1v) is 3.58. The van der Waals surface area contributed by atoms with Gasteiger partial charge in [0.05, 0.1) is 6.04 Å². The molecule has 0 aromatic rings. The zero-order valence-electron chi connectivity index (χ0n) is 6.63. The molecule has 1 aliphatic heterocycles. The van der Waals surface area contributed by atoms with E-state index in [-0.39, 0.29) is 18.2 Å². The first kappa shape index (κ1) is 7.38. The van der Waals surface area contributed by atoms with Gasteiger partial charge in [0.15, 0.2) is 0 Å². The molecular formula is C7H13NO2. The van der Waals surface area contributed by atoms with Crippen LogP contribution in [-0.4, -0.2) is 29.7 Å². The summed E-state index contributed by atoms with van der Waals surface area (Å²) in [7, 11) is 0. The number of amides is 1. The van der Waals surface area contributed by atoms with Crippen LogP contribution < -0.4 is 0 Å². The molecule has 1 unspecified atom stereocenters. The molecule has 0 bridgehead atoms.